The van der Waals surface area contributed by atoms with Crippen LogP contribution in [0.25, 0.3) is 0 Å². The molecule has 0 unspecified atom stereocenters. The molecule has 0 aromatic heterocycles. The summed E-state index contributed by atoms with van der Waals surface area (Å²) in [5, 5.41) is 30.8. The Morgan fingerprint density at radius 2 is 1.56 bits per heavy atom. The van der Waals surface area contributed by atoms with Crippen LogP contribution in [0.2, 0.25) is 0 Å². The summed E-state index contributed by atoms with van der Waals surface area (Å²) in [5.41, 5.74) is 13.1. The Kier molecular flexibility index (Phi) is 9.96. The first-order chi connectivity index (χ1) is 24.8. The summed E-state index contributed by atoms with van der Waals surface area (Å²) in [6, 6.07) is 0. The standard InChI is InChI=1S/C39H43N7O6/c1-7-22-18(3)26-12-28-20(5)24(9-10-33(48)40-15-34(49)41-16-35(50)42-17-36(51)52)38(45-28)25-11-32(47)37-21(6)29(46-39(25)37)14-31-23(8-2)19(4)27(44-31)13-30(22)43-26/h7,12-14,20,24,45,47H,1,8-11,15-17H2,2-6H3,(H,40,48)(H,41,49)(H,42,50)(H,51,52)/t20-,24-/m0/s1. The van der Waals surface area contributed by atoms with E-state index in [0.29, 0.717) is 12.8 Å². The van der Waals surface area contributed by atoms with Crippen LogP contribution in [-0.2, 0) is 19.2 Å². The number of hydrogen-bond acceptors (Lipinski definition) is 9. The average Bonchev–Trinajstić information content (AvgIpc) is 3.86. The molecular weight excluding hydrogens is 662 g/mol. The van der Waals surface area contributed by atoms with Gasteiger partial charge in [-0.2, -0.15) is 0 Å². The summed E-state index contributed by atoms with van der Waals surface area (Å²) in [7, 11) is 0. The van der Waals surface area contributed by atoms with E-state index in [1.54, 1.807) is 0 Å². The molecule has 5 aliphatic heterocycles. The van der Waals surface area contributed by atoms with E-state index < -0.39 is 30.9 Å². The van der Waals surface area contributed by atoms with Crippen molar-refractivity contribution >= 4 is 40.8 Å². The number of carboxylic acid groups (broad SMARTS) is 1. The zero-order valence-electron chi connectivity index (χ0n) is 30.0. The van der Waals surface area contributed by atoms with Crippen molar-refractivity contribution in [2.24, 2.45) is 26.8 Å². The third kappa shape index (κ3) is 6.78. The normalized spacial score (nSPS) is 21.8. The highest BCUT2D eigenvalue weighted by molar-refractivity contribution is 6.21. The van der Waals surface area contributed by atoms with Crippen LogP contribution in [0.5, 0.6) is 0 Å². The minimum absolute atomic E-state index is 0.0594. The maximum Gasteiger partial charge on any atom is 0.322 e. The molecule has 6 rings (SSSR count). The molecule has 0 aromatic rings. The molecule has 0 saturated carbocycles. The first-order valence-corrected chi connectivity index (χ1v) is 17.4. The van der Waals surface area contributed by atoms with Crippen molar-refractivity contribution in [3.63, 3.8) is 0 Å². The van der Waals surface area contributed by atoms with E-state index in [1.165, 1.54) is 0 Å². The van der Waals surface area contributed by atoms with E-state index >= 15 is 0 Å². The van der Waals surface area contributed by atoms with Crippen LogP contribution in [0.1, 0.15) is 60.3 Å². The third-order valence-electron chi connectivity index (χ3n) is 10.3. The predicted octanol–water partition coefficient (Wildman–Crippen LogP) is 4.06. The minimum atomic E-state index is -1.20. The van der Waals surface area contributed by atoms with E-state index in [0.717, 1.165) is 91.1 Å². The highest BCUT2D eigenvalue weighted by Crippen LogP contribution is 2.46. The van der Waals surface area contributed by atoms with Gasteiger partial charge in [0.25, 0.3) is 0 Å². The van der Waals surface area contributed by atoms with Gasteiger partial charge in [0, 0.05) is 52.8 Å². The number of fused-ring (bicyclic) bond motifs is 5. The van der Waals surface area contributed by atoms with Crippen molar-refractivity contribution in [2.75, 3.05) is 19.6 Å². The molecule has 6 aliphatic rings. The first kappa shape index (κ1) is 36.0. The molecule has 2 atom stereocenters. The van der Waals surface area contributed by atoms with Crippen molar-refractivity contribution in [3.05, 3.63) is 104 Å². The molecule has 8 bridgehead atoms. The maximum absolute atomic E-state index is 13.0. The molecule has 1 aliphatic carbocycles. The van der Waals surface area contributed by atoms with Gasteiger partial charge in [0.2, 0.25) is 17.7 Å². The number of carbonyl (C=O) groups is 4. The number of aliphatic hydroxyl groups excluding tert-OH is 1. The number of nitrogens with zero attached hydrogens (tertiary/aromatic N) is 3. The Hall–Kier alpha value is -5.85. The van der Waals surface area contributed by atoms with Gasteiger partial charge in [-0.05, 0) is 74.1 Å². The van der Waals surface area contributed by atoms with E-state index in [9.17, 15) is 24.3 Å². The second-order valence-electron chi connectivity index (χ2n) is 13.5. The zero-order chi connectivity index (χ0) is 37.4. The van der Waals surface area contributed by atoms with Crippen LogP contribution in [0.4, 0.5) is 0 Å². The van der Waals surface area contributed by atoms with Crippen molar-refractivity contribution in [3.8, 4) is 0 Å². The number of carbonyl (C=O) groups excluding carboxylic acids is 3. The highest BCUT2D eigenvalue weighted by Gasteiger charge is 2.41. The van der Waals surface area contributed by atoms with Gasteiger partial charge in [-0.15, -0.1) is 0 Å². The molecule has 52 heavy (non-hydrogen) atoms. The lowest BCUT2D eigenvalue weighted by Crippen LogP contribution is -2.42. The van der Waals surface area contributed by atoms with E-state index in [2.05, 4.69) is 48.6 Å². The summed E-state index contributed by atoms with van der Waals surface area (Å²) in [6.45, 7) is 13.1. The Morgan fingerprint density at radius 3 is 2.23 bits per heavy atom. The fourth-order valence-electron chi connectivity index (χ4n) is 7.41. The average molecular weight is 706 g/mol. The van der Waals surface area contributed by atoms with E-state index in [4.69, 9.17) is 20.1 Å². The van der Waals surface area contributed by atoms with Gasteiger partial charge in [0.05, 0.1) is 47.3 Å². The van der Waals surface area contributed by atoms with Gasteiger partial charge in [-0.3, -0.25) is 19.2 Å². The molecule has 0 spiro atoms. The smallest absolute Gasteiger partial charge is 0.322 e. The summed E-state index contributed by atoms with van der Waals surface area (Å²) >= 11 is 0. The van der Waals surface area contributed by atoms with Crippen LogP contribution in [0.3, 0.4) is 0 Å². The largest absolute Gasteiger partial charge is 0.511 e. The van der Waals surface area contributed by atoms with Gasteiger partial charge in [-0.1, -0.05) is 26.5 Å². The van der Waals surface area contributed by atoms with Crippen LogP contribution in [0, 0.1) is 11.8 Å². The molecule has 3 amide bonds. The molecule has 1 saturated heterocycles. The van der Waals surface area contributed by atoms with Gasteiger partial charge < -0.3 is 31.5 Å². The SMILES string of the molecule is C=CC1=C(C)C2=NC1=CC1=NC(=CC3=C(C)C4=C(O)CC(=C5NC(=C2)[C@@H](C)[C@@H]5CCC(=O)NCC(=O)NCC(=O)NCC(=O)O)C4=N3)C(CC)=C1C. The molecule has 0 aromatic carbocycles. The fourth-order valence-corrected chi connectivity index (χ4v) is 7.41. The van der Waals surface area contributed by atoms with Crippen LogP contribution in [-0.4, -0.2) is 70.7 Å². The Labute approximate surface area is 301 Å². The number of aliphatic hydroxyl groups is 1. The summed E-state index contributed by atoms with van der Waals surface area (Å²) in [4.78, 5) is 62.7. The van der Waals surface area contributed by atoms with Crippen molar-refractivity contribution < 1.29 is 29.4 Å². The van der Waals surface area contributed by atoms with Crippen molar-refractivity contribution in [2.45, 2.75) is 60.3 Å². The monoisotopic (exact) mass is 705 g/mol. The Balaban J connectivity index is 1.31. The fraction of sp³-hybridized carbons (Fsp3) is 0.359. The number of carboxylic acids is 1. The minimum Gasteiger partial charge on any atom is -0.511 e. The number of amides is 3. The lowest BCUT2D eigenvalue weighted by Gasteiger charge is -2.18. The predicted molar refractivity (Wildman–Crippen MR) is 198 cm³/mol. The van der Waals surface area contributed by atoms with Gasteiger partial charge >= 0.3 is 5.97 Å². The second-order valence-corrected chi connectivity index (χ2v) is 13.5. The highest BCUT2D eigenvalue weighted by atomic mass is 16.4. The Morgan fingerprint density at radius 1 is 0.904 bits per heavy atom. The molecule has 0 radical (unpaired) electrons. The number of hydrogen-bond donors (Lipinski definition) is 6. The van der Waals surface area contributed by atoms with Crippen LogP contribution in [0.15, 0.2) is 119 Å². The number of nitrogens with one attached hydrogen (secondary N) is 4. The maximum atomic E-state index is 13.0. The topological polar surface area (TPSA) is 194 Å². The molecule has 5 heterocycles. The van der Waals surface area contributed by atoms with Gasteiger partial charge in [0.1, 0.15) is 12.3 Å². The quantitative estimate of drug-likeness (QED) is 0.187. The molecule has 6 N–H and O–H groups in total. The number of allylic oxidation sites excluding steroid dienone is 12. The Bertz CT molecular complexity index is 2080. The van der Waals surface area contributed by atoms with Crippen LogP contribution < -0.4 is 21.3 Å². The third-order valence-corrected chi connectivity index (χ3v) is 10.3. The molecular formula is C39H43N7O6. The van der Waals surface area contributed by atoms with E-state index in [1.807, 2.05) is 38.2 Å². The molecule has 13 heteroatoms. The summed E-state index contributed by atoms with van der Waals surface area (Å²) < 4.78 is 0. The number of aliphatic imine (C=N–C) groups is 3. The number of aliphatic carboxylic acids is 1. The molecule has 1 fully saturated rings. The lowest BCUT2D eigenvalue weighted by molar-refractivity contribution is -0.137. The number of rotatable bonds is 11. The van der Waals surface area contributed by atoms with E-state index in [-0.39, 0.29) is 36.5 Å². The zero-order valence-corrected chi connectivity index (χ0v) is 30.0. The van der Waals surface area contributed by atoms with Crippen molar-refractivity contribution in [1.82, 2.24) is 21.3 Å². The lowest BCUT2D eigenvalue weighted by atomic mass is 9.86. The van der Waals surface area contributed by atoms with Crippen molar-refractivity contribution in [1.29, 1.82) is 0 Å². The van der Waals surface area contributed by atoms with Gasteiger partial charge in [0.15, 0.2) is 0 Å². The summed E-state index contributed by atoms with van der Waals surface area (Å²) in [6.07, 6.45) is 9.52. The summed E-state index contributed by atoms with van der Waals surface area (Å²) in [5.74, 6) is -2.73. The second kappa shape index (κ2) is 14.4. The van der Waals surface area contributed by atoms with Crippen LogP contribution >= 0.6 is 0 Å². The molecule has 13 nitrogen and oxygen atoms in total. The van der Waals surface area contributed by atoms with Gasteiger partial charge in [-0.25, -0.2) is 15.0 Å². The molecule has 270 valence electrons. The first-order valence-electron chi connectivity index (χ1n) is 17.4.